The summed E-state index contributed by atoms with van der Waals surface area (Å²) in [6, 6.07) is 25.3. The van der Waals surface area contributed by atoms with Gasteiger partial charge < -0.3 is 9.64 Å². The first-order chi connectivity index (χ1) is 16.3. The molecule has 1 amide bonds. The molecule has 4 rings (SSSR count). The highest BCUT2D eigenvalue weighted by Gasteiger charge is 2.19. The summed E-state index contributed by atoms with van der Waals surface area (Å²) in [4.78, 5) is 18.6. The Morgan fingerprint density at radius 1 is 0.941 bits per heavy atom. The molecule has 0 fully saturated rings. The molecule has 5 nitrogen and oxygen atoms in total. The number of fused-ring (bicyclic) bond motifs is 1. The van der Waals surface area contributed by atoms with E-state index in [0.717, 1.165) is 16.8 Å². The van der Waals surface area contributed by atoms with Gasteiger partial charge in [0.1, 0.15) is 17.2 Å². The van der Waals surface area contributed by atoms with Gasteiger partial charge in [0.05, 0.1) is 5.39 Å². The molecular weight excluding hydrogens is 429 g/mol. The standard InChI is InChI=1S/C28H28FN3O2/c1-28(2,3)34-27(33)31-26-25-22(14-15-30-26)16-23(17-24(25)29)32(18-20-10-6-4-7-11-20)19-21-12-8-5-9-13-21/h4-17H,18-19H2,1-3H3,(H,30,31,33). The van der Waals surface area contributed by atoms with Gasteiger partial charge in [0, 0.05) is 25.0 Å². The quantitative estimate of drug-likeness (QED) is 0.341. The van der Waals surface area contributed by atoms with Crippen molar-refractivity contribution < 1.29 is 13.9 Å². The van der Waals surface area contributed by atoms with Crippen molar-refractivity contribution in [2.75, 3.05) is 10.2 Å². The third-order valence-corrected chi connectivity index (χ3v) is 5.22. The Balaban J connectivity index is 1.70. The number of ether oxygens (including phenoxy) is 1. The number of nitrogens with one attached hydrogen (secondary N) is 1. The van der Waals surface area contributed by atoms with Crippen LogP contribution in [0.3, 0.4) is 0 Å². The lowest BCUT2D eigenvalue weighted by Crippen LogP contribution is -2.27. The van der Waals surface area contributed by atoms with E-state index in [1.54, 1.807) is 33.0 Å². The normalized spacial score (nSPS) is 11.3. The van der Waals surface area contributed by atoms with E-state index >= 15 is 4.39 Å². The maximum Gasteiger partial charge on any atom is 0.413 e. The third-order valence-electron chi connectivity index (χ3n) is 5.22. The molecule has 0 bridgehead atoms. The summed E-state index contributed by atoms with van der Waals surface area (Å²) in [6.45, 7) is 6.54. The highest BCUT2D eigenvalue weighted by Crippen LogP contribution is 2.31. The maximum absolute atomic E-state index is 15.5. The van der Waals surface area contributed by atoms with E-state index in [-0.39, 0.29) is 11.2 Å². The van der Waals surface area contributed by atoms with E-state index in [1.165, 1.54) is 6.07 Å². The van der Waals surface area contributed by atoms with Crippen molar-refractivity contribution >= 4 is 28.4 Å². The number of amides is 1. The van der Waals surface area contributed by atoms with Gasteiger partial charge in [-0.05, 0) is 55.5 Å². The molecule has 0 unspecified atom stereocenters. The molecule has 1 aromatic heterocycles. The Morgan fingerprint density at radius 3 is 2.09 bits per heavy atom. The fourth-order valence-electron chi connectivity index (χ4n) is 3.77. The lowest BCUT2D eigenvalue weighted by molar-refractivity contribution is 0.0635. The number of anilines is 2. The van der Waals surface area contributed by atoms with Gasteiger partial charge in [0.25, 0.3) is 0 Å². The van der Waals surface area contributed by atoms with E-state index in [2.05, 4.69) is 39.5 Å². The third kappa shape index (κ3) is 5.90. The van der Waals surface area contributed by atoms with Gasteiger partial charge in [-0.2, -0.15) is 0 Å². The van der Waals surface area contributed by atoms with Crippen molar-refractivity contribution in [1.29, 1.82) is 0 Å². The average molecular weight is 458 g/mol. The number of hydrogen-bond acceptors (Lipinski definition) is 4. The second-order valence-corrected chi connectivity index (χ2v) is 9.14. The number of halogens is 1. The summed E-state index contributed by atoms with van der Waals surface area (Å²) in [5.74, 6) is -0.328. The van der Waals surface area contributed by atoms with Crippen LogP contribution >= 0.6 is 0 Å². The summed E-state index contributed by atoms with van der Waals surface area (Å²) in [5, 5.41) is 3.47. The molecule has 0 saturated carbocycles. The van der Waals surface area contributed by atoms with Gasteiger partial charge in [-0.1, -0.05) is 60.7 Å². The molecule has 0 aliphatic rings. The molecule has 6 heteroatoms. The number of rotatable bonds is 6. The van der Waals surface area contributed by atoms with Gasteiger partial charge >= 0.3 is 6.09 Å². The topological polar surface area (TPSA) is 54.5 Å². The van der Waals surface area contributed by atoms with Gasteiger partial charge in [0.15, 0.2) is 0 Å². The molecule has 0 aliphatic heterocycles. The lowest BCUT2D eigenvalue weighted by atomic mass is 10.1. The second-order valence-electron chi connectivity index (χ2n) is 9.14. The number of pyridine rings is 1. The molecule has 0 saturated heterocycles. The Hall–Kier alpha value is -3.93. The minimum atomic E-state index is -0.675. The Morgan fingerprint density at radius 2 is 1.53 bits per heavy atom. The largest absolute Gasteiger partial charge is 0.444 e. The van der Waals surface area contributed by atoms with Crippen molar-refractivity contribution in [1.82, 2.24) is 4.98 Å². The van der Waals surface area contributed by atoms with E-state index < -0.39 is 17.5 Å². The highest BCUT2D eigenvalue weighted by molar-refractivity contribution is 5.99. The van der Waals surface area contributed by atoms with Crippen LogP contribution in [0.15, 0.2) is 85.1 Å². The SMILES string of the molecule is CC(C)(C)OC(=O)Nc1nccc2cc(N(Cc3ccccc3)Cc3ccccc3)cc(F)c12. The molecule has 1 N–H and O–H groups in total. The van der Waals surface area contributed by atoms with Crippen LogP contribution < -0.4 is 10.2 Å². The minimum Gasteiger partial charge on any atom is -0.444 e. The van der Waals surface area contributed by atoms with Crippen LogP contribution in [0.25, 0.3) is 10.8 Å². The zero-order valence-electron chi connectivity index (χ0n) is 19.6. The summed E-state index contributed by atoms with van der Waals surface area (Å²) in [5.41, 5.74) is 2.32. The number of nitrogens with zero attached hydrogens (tertiary/aromatic N) is 2. The smallest absolute Gasteiger partial charge is 0.413 e. The predicted molar refractivity (Wildman–Crippen MR) is 134 cm³/mol. The van der Waals surface area contributed by atoms with Gasteiger partial charge in [-0.3, -0.25) is 5.32 Å². The molecule has 0 spiro atoms. The van der Waals surface area contributed by atoms with Crippen LogP contribution in [0.4, 0.5) is 20.7 Å². The summed E-state index contributed by atoms with van der Waals surface area (Å²) in [6.07, 6.45) is 0.877. The number of carbonyl (C=O) groups excluding carboxylic acids is 1. The van der Waals surface area contributed by atoms with Gasteiger partial charge in [-0.15, -0.1) is 0 Å². The van der Waals surface area contributed by atoms with Crippen LogP contribution in [0.1, 0.15) is 31.9 Å². The van der Waals surface area contributed by atoms with Crippen molar-refractivity contribution in [2.24, 2.45) is 0 Å². The number of aromatic nitrogens is 1. The number of benzene rings is 3. The highest BCUT2D eigenvalue weighted by atomic mass is 19.1. The first kappa shape index (κ1) is 23.2. The fraction of sp³-hybridized carbons (Fsp3) is 0.214. The zero-order chi connectivity index (χ0) is 24.1. The lowest BCUT2D eigenvalue weighted by Gasteiger charge is -2.26. The van der Waals surface area contributed by atoms with Crippen molar-refractivity contribution in [3.8, 4) is 0 Å². The van der Waals surface area contributed by atoms with Gasteiger partial charge in [-0.25, -0.2) is 14.2 Å². The minimum absolute atomic E-state index is 0.133. The Kier molecular flexibility index (Phi) is 6.77. The predicted octanol–water partition coefficient (Wildman–Crippen LogP) is 6.93. The van der Waals surface area contributed by atoms with Crippen molar-refractivity contribution in [2.45, 2.75) is 39.5 Å². The molecule has 34 heavy (non-hydrogen) atoms. The van der Waals surface area contributed by atoms with Crippen LogP contribution in [-0.2, 0) is 17.8 Å². The zero-order valence-corrected chi connectivity index (χ0v) is 19.6. The summed E-state index contributed by atoms with van der Waals surface area (Å²) in [7, 11) is 0. The summed E-state index contributed by atoms with van der Waals surface area (Å²) >= 11 is 0. The first-order valence-electron chi connectivity index (χ1n) is 11.2. The second kappa shape index (κ2) is 9.91. The first-order valence-corrected chi connectivity index (χ1v) is 11.2. The van der Waals surface area contributed by atoms with Crippen molar-refractivity contribution in [3.05, 3.63) is 102 Å². The average Bonchev–Trinajstić information content (AvgIpc) is 2.78. The summed E-state index contributed by atoms with van der Waals surface area (Å²) < 4.78 is 20.8. The molecule has 0 atom stereocenters. The Bertz CT molecular complexity index is 1230. The van der Waals surface area contributed by atoms with Crippen LogP contribution in [0, 0.1) is 5.82 Å². The maximum atomic E-state index is 15.5. The van der Waals surface area contributed by atoms with Crippen molar-refractivity contribution in [3.63, 3.8) is 0 Å². The monoisotopic (exact) mass is 457 g/mol. The number of hydrogen-bond donors (Lipinski definition) is 1. The van der Waals surface area contributed by atoms with Crippen LogP contribution in [0.5, 0.6) is 0 Å². The molecule has 1 heterocycles. The van der Waals surface area contributed by atoms with E-state index in [4.69, 9.17) is 4.74 Å². The molecule has 0 radical (unpaired) electrons. The Labute approximate surface area is 199 Å². The molecular formula is C28H28FN3O2. The molecule has 3 aromatic carbocycles. The molecule has 174 valence electrons. The van der Waals surface area contributed by atoms with Crippen LogP contribution in [0.2, 0.25) is 0 Å². The number of carbonyl (C=O) groups is 1. The molecule has 0 aliphatic carbocycles. The van der Waals surface area contributed by atoms with E-state index in [1.807, 2.05) is 42.5 Å². The van der Waals surface area contributed by atoms with Gasteiger partial charge in [0.2, 0.25) is 0 Å². The molecule has 4 aromatic rings. The van der Waals surface area contributed by atoms with Crippen LogP contribution in [-0.4, -0.2) is 16.7 Å². The fourth-order valence-corrected chi connectivity index (χ4v) is 3.77. The van der Waals surface area contributed by atoms with E-state index in [9.17, 15) is 4.79 Å². The van der Waals surface area contributed by atoms with E-state index in [0.29, 0.717) is 18.5 Å².